The first-order valence-corrected chi connectivity index (χ1v) is 6.29. The van der Waals surface area contributed by atoms with E-state index in [1.165, 1.54) is 18.4 Å². The van der Waals surface area contributed by atoms with Crippen LogP contribution >= 0.6 is 11.3 Å². The largest absolute Gasteiger partial charge is 0.482 e. The molecule has 0 amide bonds. The van der Waals surface area contributed by atoms with Crippen molar-refractivity contribution in [2.75, 3.05) is 13.7 Å². The van der Waals surface area contributed by atoms with Crippen LogP contribution in [0.3, 0.4) is 0 Å². The Morgan fingerprint density at radius 2 is 2.39 bits per heavy atom. The Hall–Kier alpha value is -1.82. The maximum Gasteiger partial charge on any atom is 0.348 e. The molecule has 0 fully saturated rings. The van der Waals surface area contributed by atoms with Gasteiger partial charge in [0.05, 0.1) is 20.0 Å². The number of aryl methyl sites for hydroxylation is 1. The standard InChI is InChI=1S/C12H14N2O3S/c1-9-7-10(11(15)16-2)18-12(9)17-6-5-14-4-3-13-8-14/h3-4,7-8H,5-6H2,1-2H3. The van der Waals surface area contributed by atoms with Crippen LogP contribution in [0.4, 0.5) is 0 Å². The number of hydrogen-bond donors (Lipinski definition) is 0. The highest BCUT2D eigenvalue weighted by Gasteiger charge is 2.13. The van der Waals surface area contributed by atoms with Crippen molar-refractivity contribution in [3.05, 3.63) is 35.2 Å². The number of methoxy groups -OCH3 is 1. The van der Waals surface area contributed by atoms with Crippen molar-refractivity contribution in [1.82, 2.24) is 9.55 Å². The predicted octanol–water partition coefficient (Wildman–Crippen LogP) is 2.12. The van der Waals surface area contributed by atoms with Gasteiger partial charge in [0.25, 0.3) is 0 Å². The van der Waals surface area contributed by atoms with E-state index in [0.29, 0.717) is 11.5 Å². The first kappa shape index (κ1) is 12.6. The number of nitrogens with zero attached hydrogens (tertiary/aromatic N) is 2. The van der Waals surface area contributed by atoms with Crippen LogP contribution in [-0.4, -0.2) is 29.2 Å². The van der Waals surface area contributed by atoms with Gasteiger partial charge in [-0.1, -0.05) is 11.3 Å². The van der Waals surface area contributed by atoms with Gasteiger partial charge in [-0.3, -0.25) is 0 Å². The summed E-state index contributed by atoms with van der Waals surface area (Å²) in [5, 5.41) is 0.760. The number of thiophene rings is 1. The second-order valence-electron chi connectivity index (χ2n) is 3.72. The second-order valence-corrected chi connectivity index (χ2v) is 4.74. The van der Waals surface area contributed by atoms with E-state index in [4.69, 9.17) is 4.74 Å². The molecule has 2 rings (SSSR count). The van der Waals surface area contributed by atoms with Crippen LogP contribution in [-0.2, 0) is 11.3 Å². The molecule has 0 unspecified atom stereocenters. The first-order valence-electron chi connectivity index (χ1n) is 5.48. The van der Waals surface area contributed by atoms with E-state index in [2.05, 4.69) is 9.72 Å². The Morgan fingerprint density at radius 3 is 3.06 bits per heavy atom. The molecule has 0 aliphatic rings. The molecule has 5 nitrogen and oxygen atoms in total. The summed E-state index contributed by atoms with van der Waals surface area (Å²) in [7, 11) is 1.37. The lowest BCUT2D eigenvalue weighted by Crippen LogP contribution is -2.06. The summed E-state index contributed by atoms with van der Waals surface area (Å²) in [4.78, 5) is 15.9. The number of aromatic nitrogens is 2. The molecule has 0 saturated carbocycles. The summed E-state index contributed by atoms with van der Waals surface area (Å²) < 4.78 is 12.3. The second kappa shape index (κ2) is 5.68. The minimum Gasteiger partial charge on any atom is -0.482 e. The average Bonchev–Trinajstić information content (AvgIpc) is 2.99. The normalized spacial score (nSPS) is 10.3. The summed E-state index contributed by atoms with van der Waals surface area (Å²) >= 11 is 1.31. The van der Waals surface area contributed by atoms with Crippen molar-refractivity contribution in [1.29, 1.82) is 0 Å². The minimum absolute atomic E-state index is 0.326. The molecule has 0 aromatic carbocycles. The summed E-state index contributed by atoms with van der Waals surface area (Å²) in [6.07, 6.45) is 5.35. The minimum atomic E-state index is -0.326. The van der Waals surface area contributed by atoms with E-state index in [-0.39, 0.29) is 5.97 Å². The van der Waals surface area contributed by atoms with Crippen LogP contribution in [0, 0.1) is 6.92 Å². The van der Waals surface area contributed by atoms with Crippen molar-refractivity contribution in [2.45, 2.75) is 13.5 Å². The monoisotopic (exact) mass is 266 g/mol. The molecule has 6 heteroatoms. The van der Waals surface area contributed by atoms with Gasteiger partial charge in [0.15, 0.2) is 5.06 Å². The predicted molar refractivity (Wildman–Crippen MR) is 68.1 cm³/mol. The topological polar surface area (TPSA) is 53.4 Å². The zero-order valence-corrected chi connectivity index (χ0v) is 11.1. The van der Waals surface area contributed by atoms with Gasteiger partial charge in [-0.25, -0.2) is 9.78 Å². The van der Waals surface area contributed by atoms with Crippen LogP contribution in [0.5, 0.6) is 5.06 Å². The third kappa shape index (κ3) is 2.89. The highest BCUT2D eigenvalue weighted by Crippen LogP contribution is 2.30. The van der Waals surface area contributed by atoms with Gasteiger partial charge < -0.3 is 14.0 Å². The molecule has 0 aliphatic carbocycles. The summed E-state index contributed by atoms with van der Waals surface area (Å²) in [6.45, 7) is 3.18. The van der Waals surface area contributed by atoms with E-state index in [1.54, 1.807) is 18.6 Å². The highest BCUT2D eigenvalue weighted by molar-refractivity contribution is 7.15. The molecular weight excluding hydrogens is 252 g/mol. The van der Waals surface area contributed by atoms with Gasteiger partial charge in [0.2, 0.25) is 0 Å². The van der Waals surface area contributed by atoms with Crippen LogP contribution in [0.1, 0.15) is 15.2 Å². The Morgan fingerprint density at radius 1 is 1.56 bits per heavy atom. The van der Waals surface area contributed by atoms with Gasteiger partial charge in [0, 0.05) is 18.0 Å². The molecule has 2 aromatic heterocycles. The lowest BCUT2D eigenvalue weighted by molar-refractivity contribution is 0.0606. The lowest BCUT2D eigenvalue weighted by Gasteiger charge is -2.05. The molecule has 0 bridgehead atoms. The van der Waals surface area contributed by atoms with Gasteiger partial charge in [-0.15, -0.1) is 0 Å². The van der Waals surface area contributed by atoms with E-state index in [9.17, 15) is 4.79 Å². The number of ether oxygens (including phenoxy) is 2. The Kier molecular flexibility index (Phi) is 3.99. The molecule has 0 saturated heterocycles. The highest BCUT2D eigenvalue weighted by atomic mass is 32.1. The Labute approximate surface area is 109 Å². The number of hydrogen-bond acceptors (Lipinski definition) is 5. The maximum absolute atomic E-state index is 11.4. The molecule has 18 heavy (non-hydrogen) atoms. The molecule has 96 valence electrons. The smallest absolute Gasteiger partial charge is 0.348 e. The van der Waals surface area contributed by atoms with Crippen molar-refractivity contribution in [3.8, 4) is 5.06 Å². The molecule has 0 spiro atoms. The van der Waals surface area contributed by atoms with E-state index in [0.717, 1.165) is 17.2 Å². The van der Waals surface area contributed by atoms with Gasteiger partial charge in [-0.2, -0.15) is 0 Å². The number of esters is 1. The van der Waals surface area contributed by atoms with Gasteiger partial charge in [-0.05, 0) is 13.0 Å². The summed E-state index contributed by atoms with van der Waals surface area (Å²) in [5.74, 6) is -0.326. The van der Waals surface area contributed by atoms with Crippen molar-refractivity contribution < 1.29 is 14.3 Å². The Balaban J connectivity index is 1.93. The molecule has 0 radical (unpaired) electrons. The molecule has 0 aliphatic heterocycles. The zero-order valence-electron chi connectivity index (χ0n) is 10.3. The lowest BCUT2D eigenvalue weighted by atomic mass is 10.3. The van der Waals surface area contributed by atoms with E-state index in [1.807, 2.05) is 17.7 Å². The first-order chi connectivity index (χ1) is 8.70. The van der Waals surface area contributed by atoms with Crippen molar-refractivity contribution in [2.24, 2.45) is 0 Å². The molecular formula is C12H14N2O3S. The zero-order chi connectivity index (χ0) is 13.0. The van der Waals surface area contributed by atoms with Gasteiger partial charge in [0.1, 0.15) is 11.5 Å². The summed E-state index contributed by atoms with van der Waals surface area (Å²) in [6, 6.07) is 1.78. The fourth-order valence-electron chi connectivity index (χ4n) is 1.47. The SMILES string of the molecule is COC(=O)c1cc(C)c(OCCn2ccnc2)s1. The van der Waals surface area contributed by atoms with Crippen LogP contribution in [0.25, 0.3) is 0 Å². The Bertz CT molecular complexity index is 519. The third-order valence-electron chi connectivity index (χ3n) is 2.40. The quantitative estimate of drug-likeness (QED) is 0.778. The molecule has 2 heterocycles. The van der Waals surface area contributed by atoms with E-state index >= 15 is 0 Å². The van der Waals surface area contributed by atoms with Crippen LogP contribution < -0.4 is 4.74 Å². The van der Waals surface area contributed by atoms with Crippen molar-refractivity contribution >= 4 is 17.3 Å². The molecule has 0 atom stereocenters. The van der Waals surface area contributed by atoms with Gasteiger partial charge >= 0.3 is 5.97 Å². The number of imidazole rings is 1. The number of carbonyl (C=O) groups is 1. The number of rotatable bonds is 5. The van der Waals surface area contributed by atoms with Crippen LogP contribution in [0.2, 0.25) is 0 Å². The fourth-order valence-corrected chi connectivity index (χ4v) is 2.44. The van der Waals surface area contributed by atoms with Crippen LogP contribution in [0.15, 0.2) is 24.8 Å². The maximum atomic E-state index is 11.4. The molecule has 2 aromatic rings. The van der Waals surface area contributed by atoms with E-state index < -0.39 is 0 Å². The fraction of sp³-hybridized carbons (Fsp3) is 0.333. The number of carbonyl (C=O) groups excluding carboxylic acids is 1. The summed E-state index contributed by atoms with van der Waals surface area (Å²) in [5.41, 5.74) is 0.950. The van der Waals surface area contributed by atoms with Crippen molar-refractivity contribution in [3.63, 3.8) is 0 Å². The third-order valence-corrected chi connectivity index (χ3v) is 3.53. The average molecular weight is 266 g/mol. The molecule has 0 N–H and O–H groups in total.